The fourth-order valence-electron chi connectivity index (χ4n) is 1.23. The van der Waals surface area contributed by atoms with E-state index in [0.29, 0.717) is 0 Å². The van der Waals surface area contributed by atoms with Crippen molar-refractivity contribution in [3.05, 3.63) is 48.6 Å². The van der Waals surface area contributed by atoms with Crippen molar-refractivity contribution in [1.82, 2.24) is 0 Å². The highest BCUT2D eigenvalue weighted by Gasteiger charge is 1.83. The smallest absolute Gasteiger partial charge is 0.0166 e. The summed E-state index contributed by atoms with van der Waals surface area (Å²) in [5.74, 6) is 0. The maximum Gasteiger partial charge on any atom is -0.0166 e. The van der Waals surface area contributed by atoms with Crippen molar-refractivity contribution in [1.29, 1.82) is 0 Å². The minimum absolute atomic E-state index is 1.03. The Morgan fingerprint density at radius 2 is 1.69 bits per heavy atom. The standard InChI is InChI=1S/C13H17/c1-2-4-6-8-10-12-13-11-9-7-5-3-1/h1-3,7,9,12-13H,4,6,8,10-11H2/b2-1-,5-3?,9-7+,13-12-. The van der Waals surface area contributed by atoms with Gasteiger partial charge in [0.2, 0.25) is 0 Å². The van der Waals surface area contributed by atoms with Gasteiger partial charge in [0.25, 0.3) is 0 Å². The molecule has 0 atom stereocenters. The van der Waals surface area contributed by atoms with Crippen LogP contribution in [-0.2, 0) is 0 Å². The number of hydrogen-bond donors (Lipinski definition) is 0. The molecule has 0 unspecified atom stereocenters. The molecule has 0 aromatic rings. The molecule has 0 saturated heterocycles. The third-order valence-electron chi connectivity index (χ3n) is 1.97. The first-order valence-electron chi connectivity index (χ1n) is 5.04. The van der Waals surface area contributed by atoms with Crippen LogP contribution in [0.1, 0.15) is 32.1 Å². The Hall–Kier alpha value is -1.04. The third-order valence-corrected chi connectivity index (χ3v) is 1.97. The van der Waals surface area contributed by atoms with Crippen molar-refractivity contribution in [2.45, 2.75) is 32.1 Å². The van der Waals surface area contributed by atoms with Gasteiger partial charge >= 0.3 is 0 Å². The minimum Gasteiger partial charge on any atom is -0.0882 e. The van der Waals surface area contributed by atoms with Crippen LogP contribution in [0, 0.1) is 6.08 Å². The summed E-state index contributed by atoms with van der Waals surface area (Å²) in [6.07, 6.45) is 24.0. The van der Waals surface area contributed by atoms with Crippen molar-refractivity contribution >= 4 is 0 Å². The highest BCUT2D eigenvalue weighted by molar-refractivity contribution is 5.07. The molecule has 69 valence electrons. The lowest BCUT2D eigenvalue weighted by molar-refractivity contribution is 0.761. The summed E-state index contributed by atoms with van der Waals surface area (Å²) >= 11 is 0. The van der Waals surface area contributed by atoms with Crippen molar-refractivity contribution < 1.29 is 0 Å². The molecule has 0 aromatic carbocycles. The molecule has 0 heteroatoms. The van der Waals surface area contributed by atoms with Gasteiger partial charge in [-0.25, -0.2) is 0 Å². The number of allylic oxidation sites excluding steroid dienone is 8. The van der Waals surface area contributed by atoms with E-state index in [2.05, 4.69) is 36.5 Å². The summed E-state index contributed by atoms with van der Waals surface area (Å²) in [7, 11) is 0. The van der Waals surface area contributed by atoms with E-state index in [4.69, 9.17) is 0 Å². The SMILES string of the molecule is [C]1=C/C=C\CCCC/C=C\C/C=C/1. The van der Waals surface area contributed by atoms with Crippen molar-refractivity contribution in [3.8, 4) is 0 Å². The Balaban J connectivity index is 2.38. The Labute approximate surface area is 81.4 Å². The van der Waals surface area contributed by atoms with E-state index in [9.17, 15) is 0 Å². The average Bonchev–Trinajstić information content (AvgIpc) is 2.18. The van der Waals surface area contributed by atoms with Crippen LogP contribution >= 0.6 is 0 Å². The first kappa shape index (κ1) is 10.0. The van der Waals surface area contributed by atoms with Gasteiger partial charge in [0, 0.05) is 0 Å². The van der Waals surface area contributed by atoms with E-state index in [1.807, 2.05) is 12.2 Å². The highest BCUT2D eigenvalue weighted by atomic mass is 13.9. The lowest BCUT2D eigenvalue weighted by Gasteiger charge is -1.91. The van der Waals surface area contributed by atoms with E-state index in [0.717, 1.165) is 6.42 Å². The van der Waals surface area contributed by atoms with Gasteiger partial charge in [-0.1, -0.05) is 42.5 Å². The Kier molecular flexibility index (Phi) is 5.87. The Morgan fingerprint density at radius 1 is 0.846 bits per heavy atom. The lowest BCUT2D eigenvalue weighted by Crippen LogP contribution is -1.71. The molecule has 0 N–H and O–H groups in total. The first-order valence-corrected chi connectivity index (χ1v) is 5.04. The minimum atomic E-state index is 1.03. The zero-order valence-corrected chi connectivity index (χ0v) is 8.08. The fourth-order valence-corrected chi connectivity index (χ4v) is 1.23. The molecule has 0 aliphatic heterocycles. The number of hydrogen-bond acceptors (Lipinski definition) is 0. The lowest BCUT2D eigenvalue weighted by atomic mass is 10.2. The van der Waals surface area contributed by atoms with E-state index in [1.54, 1.807) is 0 Å². The van der Waals surface area contributed by atoms with Gasteiger partial charge < -0.3 is 0 Å². The van der Waals surface area contributed by atoms with Crippen LogP contribution in [0.25, 0.3) is 0 Å². The van der Waals surface area contributed by atoms with Crippen LogP contribution < -0.4 is 0 Å². The van der Waals surface area contributed by atoms with E-state index in [1.165, 1.54) is 25.7 Å². The zero-order chi connectivity index (χ0) is 9.19. The highest BCUT2D eigenvalue weighted by Crippen LogP contribution is 2.03. The molecule has 0 aromatic heterocycles. The van der Waals surface area contributed by atoms with Crippen LogP contribution in [0.2, 0.25) is 0 Å². The zero-order valence-electron chi connectivity index (χ0n) is 8.08. The number of rotatable bonds is 0. The maximum atomic E-state index is 3.10. The van der Waals surface area contributed by atoms with E-state index >= 15 is 0 Å². The average molecular weight is 173 g/mol. The molecule has 1 rings (SSSR count). The van der Waals surface area contributed by atoms with Crippen molar-refractivity contribution in [3.63, 3.8) is 0 Å². The third kappa shape index (κ3) is 6.15. The predicted octanol–water partition coefficient (Wildman–Crippen LogP) is 3.98. The molecule has 1 aliphatic rings. The van der Waals surface area contributed by atoms with E-state index < -0.39 is 0 Å². The summed E-state index contributed by atoms with van der Waals surface area (Å²) in [6, 6.07) is 0. The normalized spacial score (nSPS) is 28.9. The van der Waals surface area contributed by atoms with Crippen LogP contribution in [0.5, 0.6) is 0 Å². The molecule has 1 aliphatic carbocycles. The summed E-state index contributed by atoms with van der Waals surface area (Å²) in [5.41, 5.74) is 0. The Bertz CT molecular complexity index is 216. The first-order chi connectivity index (χ1) is 6.50. The van der Waals surface area contributed by atoms with Gasteiger partial charge in [-0.3, -0.25) is 0 Å². The Morgan fingerprint density at radius 3 is 2.62 bits per heavy atom. The molecule has 0 spiro atoms. The van der Waals surface area contributed by atoms with Gasteiger partial charge in [0.1, 0.15) is 0 Å². The maximum absolute atomic E-state index is 3.10. The van der Waals surface area contributed by atoms with Gasteiger partial charge in [0.15, 0.2) is 0 Å². The summed E-state index contributed by atoms with van der Waals surface area (Å²) < 4.78 is 0. The van der Waals surface area contributed by atoms with Crippen molar-refractivity contribution in [2.24, 2.45) is 0 Å². The molecule has 0 heterocycles. The molecule has 0 fully saturated rings. The molecular weight excluding hydrogens is 156 g/mol. The second-order valence-corrected chi connectivity index (χ2v) is 3.16. The van der Waals surface area contributed by atoms with Crippen LogP contribution in [0.3, 0.4) is 0 Å². The van der Waals surface area contributed by atoms with Crippen LogP contribution in [0.4, 0.5) is 0 Å². The largest absolute Gasteiger partial charge is 0.0882 e. The second kappa shape index (κ2) is 7.60. The quantitative estimate of drug-likeness (QED) is 0.486. The van der Waals surface area contributed by atoms with Gasteiger partial charge in [0.05, 0.1) is 0 Å². The van der Waals surface area contributed by atoms with Crippen LogP contribution in [0.15, 0.2) is 42.5 Å². The molecular formula is C13H17. The molecule has 1 radical (unpaired) electrons. The van der Waals surface area contributed by atoms with Gasteiger partial charge in [-0.05, 0) is 38.2 Å². The predicted molar refractivity (Wildman–Crippen MR) is 58.3 cm³/mol. The monoisotopic (exact) mass is 173 g/mol. The molecule has 13 heavy (non-hydrogen) atoms. The topological polar surface area (TPSA) is 0 Å². The van der Waals surface area contributed by atoms with Crippen molar-refractivity contribution in [2.75, 3.05) is 0 Å². The molecule has 0 amide bonds. The summed E-state index contributed by atoms with van der Waals surface area (Å²) in [4.78, 5) is 0. The second-order valence-electron chi connectivity index (χ2n) is 3.16. The molecule has 0 saturated carbocycles. The summed E-state index contributed by atoms with van der Waals surface area (Å²) in [6.45, 7) is 0. The van der Waals surface area contributed by atoms with Crippen LogP contribution in [-0.4, -0.2) is 0 Å². The van der Waals surface area contributed by atoms with E-state index in [-0.39, 0.29) is 0 Å². The summed E-state index contributed by atoms with van der Waals surface area (Å²) in [5, 5.41) is 0. The molecule has 0 nitrogen and oxygen atoms in total. The van der Waals surface area contributed by atoms with Gasteiger partial charge in [-0.2, -0.15) is 0 Å². The fraction of sp³-hybridized carbons (Fsp3) is 0.385. The van der Waals surface area contributed by atoms with Gasteiger partial charge in [-0.15, -0.1) is 0 Å². The molecule has 0 bridgehead atoms.